The molecule has 0 radical (unpaired) electrons. The zero-order valence-corrected chi connectivity index (χ0v) is 10.7. The number of hydrogen-bond acceptors (Lipinski definition) is 2. The summed E-state index contributed by atoms with van der Waals surface area (Å²) in [7, 11) is 0. The van der Waals surface area contributed by atoms with Gasteiger partial charge in [-0.25, -0.2) is 4.98 Å². The number of imidazole rings is 1. The third kappa shape index (κ3) is 1.62. The van der Waals surface area contributed by atoms with Crippen LogP contribution in [0.5, 0.6) is 0 Å². The van der Waals surface area contributed by atoms with Gasteiger partial charge in [-0.15, -0.1) is 0 Å². The van der Waals surface area contributed by atoms with Gasteiger partial charge in [-0.2, -0.15) is 0 Å². The molecule has 0 aliphatic rings. The predicted molar refractivity (Wildman–Crippen MR) is 79.1 cm³/mol. The van der Waals surface area contributed by atoms with Crippen molar-refractivity contribution < 1.29 is 0 Å². The summed E-state index contributed by atoms with van der Waals surface area (Å²) in [5, 5.41) is 1.15. The topological polar surface area (TPSA) is 57.4 Å². The number of aromatic nitrogens is 4. The molecule has 0 aliphatic carbocycles. The molecule has 20 heavy (non-hydrogen) atoms. The predicted octanol–water partition coefficient (Wildman–Crippen LogP) is 3.62. The molecule has 4 rings (SSSR count). The van der Waals surface area contributed by atoms with Gasteiger partial charge in [0, 0.05) is 35.1 Å². The molecule has 0 spiro atoms. The highest BCUT2D eigenvalue weighted by Gasteiger charge is 2.16. The lowest BCUT2D eigenvalue weighted by Crippen LogP contribution is -1.86. The first-order valence-corrected chi connectivity index (χ1v) is 6.45. The molecule has 0 saturated carbocycles. The van der Waals surface area contributed by atoms with E-state index in [4.69, 9.17) is 0 Å². The Bertz CT molecular complexity index is 845. The molecule has 0 atom stereocenters. The van der Waals surface area contributed by atoms with Crippen molar-refractivity contribution in [2.75, 3.05) is 0 Å². The zero-order chi connectivity index (χ0) is 13.4. The highest BCUT2D eigenvalue weighted by Crippen LogP contribution is 2.35. The second-order valence-corrected chi connectivity index (χ2v) is 4.57. The van der Waals surface area contributed by atoms with E-state index in [0.29, 0.717) is 0 Å². The summed E-state index contributed by atoms with van der Waals surface area (Å²) in [4.78, 5) is 15.4. The molecule has 0 amide bonds. The van der Waals surface area contributed by atoms with Gasteiger partial charge in [0.05, 0.1) is 11.4 Å². The van der Waals surface area contributed by atoms with E-state index in [2.05, 4.69) is 32.1 Å². The maximum Gasteiger partial charge on any atom is 0.154 e. The van der Waals surface area contributed by atoms with Crippen molar-refractivity contribution in [3.8, 4) is 22.8 Å². The van der Waals surface area contributed by atoms with Crippen LogP contribution < -0.4 is 0 Å². The number of benzene rings is 1. The molecule has 3 aromatic heterocycles. The lowest BCUT2D eigenvalue weighted by Gasteiger charge is -2.02. The Hall–Kier alpha value is -2.88. The van der Waals surface area contributed by atoms with Gasteiger partial charge in [-0.3, -0.25) is 4.98 Å². The van der Waals surface area contributed by atoms with Crippen LogP contribution in [0.2, 0.25) is 0 Å². The van der Waals surface area contributed by atoms with Gasteiger partial charge in [0.15, 0.2) is 5.82 Å². The molecule has 3 heterocycles. The van der Waals surface area contributed by atoms with Gasteiger partial charge in [0.1, 0.15) is 0 Å². The molecule has 0 aliphatic heterocycles. The van der Waals surface area contributed by atoms with Crippen LogP contribution in [0.25, 0.3) is 33.7 Å². The summed E-state index contributed by atoms with van der Waals surface area (Å²) in [6.07, 6.45) is 5.38. The van der Waals surface area contributed by atoms with Crippen molar-refractivity contribution in [2.24, 2.45) is 0 Å². The third-order valence-corrected chi connectivity index (χ3v) is 3.36. The molecule has 0 unspecified atom stereocenters. The molecule has 96 valence electrons. The van der Waals surface area contributed by atoms with Gasteiger partial charge in [-0.05, 0) is 18.2 Å². The molecule has 4 aromatic rings. The number of para-hydroxylation sites is 1. The van der Waals surface area contributed by atoms with Crippen molar-refractivity contribution in [1.29, 1.82) is 0 Å². The fourth-order valence-electron chi connectivity index (χ4n) is 2.50. The summed E-state index contributed by atoms with van der Waals surface area (Å²) in [6.45, 7) is 0. The minimum Gasteiger partial charge on any atom is -0.351 e. The zero-order valence-electron chi connectivity index (χ0n) is 10.7. The fraction of sp³-hybridized carbons (Fsp3) is 0. The number of hydrogen-bond donors (Lipinski definition) is 2. The molecular formula is C16H12N4. The van der Waals surface area contributed by atoms with E-state index < -0.39 is 0 Å². The molecule has 0 bridgehead atoms. The first-order chi connectivity index (χ1) is 9.93. The SMILES string of the molecule is c1ccc(-c2c(-c3ncc[nH]3)[nH]c3ccccc23)nc1. The molecular weight excluding hydrogens is 248 g/mol. The largest absolute Gasteiger partial charge is 0.351 e. The standard InChI is InChI=1S/C16H12N4/c1-2-6-12-11(5-1)14(13-7-3-4-8-17-13)15(20-12)16-18-9-10-19-16/h1-10,20H,(H,18,19). The van der Waals surface area contributed by atoms with E-state index in [1.54, 1.807) is 6.20 Å². The highest BCUT2D eigenvalue weighted by atomic mass is 14.9. The first-order valence-electron chi connectivity index (χ1n) is 6.45. The Kier molecular flexibility index (Phi) is 2.39. The van der Waals surface area contributed by atoms with E-state index in [0.717, 1.165) is 33.7 Å². The van der Waals surface area contributed by atoms with Crippen LogP contribution in [0.15, 0.2) is 61.1 Å². The van der Waals surface area contributed by atoms with Crippen molar-refractivity contribution in [3.63, 3.8) is 0 Å². The average molecular weight is 260 g/mol. The van der Waals surface area contributed by atoms with Gasteiger partial charge in [0.25, 0.3) is 0 Å². The molecule has 2 N–H and O–H groups in total. The average Bonchev–Trinajstić information content (AvgIpc) is 3.15. The van der Waals surface area contributed by atoms with Crippen LogP contribution in [0.1, 0.15) is 0 Å². The van der Waals surface area contributed by atoms with Crippen molar-refractivity contribution >= 4 is 10.9 Å². The second-order valence-electron chi connectivity index (χ2n) is 4.57. The van der Waals surface area contributed by atoms with Crippen LogP contribution in [0, 0.1) is 0 Å². The minimum atomic E-state index is 0.821. The summed E-state index contributed by atoms with van der Waals surface area (Å²) in [5.41, 5.74) is 4.07. The second kappa shape index (κ2) is 4.35. The van der Waals surface area contributed by atoms with Crippen LogP contribution in [0.3, 0.4) is 0 Å². The van der Waals surface area contributed by atoms with E-state index in [1.165, 1.54) is 0 Å². The summed E-state index contributed by atoms with van der Waals surface area (Å²) in [6, 6.07) is 14.2. The maximum absolute atomic E-state index is 4.48. The Morgan fingerprint density at radius 3 is 2.55 bits per heavy atom. The number of nitrogens with one attached hydrogen (secondary N) is 2. The molecule has 4 nitrogen and oxygen atoms in total. The van der Waals surface area contributed by atoms with Crippen LogP contribution in [0.4, 0.5) is 0 Å². The molecule has 0 saturated heterocycles. The number of rotatable bonds is 2. The Labute approximate surface area is 115 Å². The van der Waals surface area contributed by atoms with Crippen LogP contribution >= 0.6 is 0 Å². The monoisotopic (exact) mass is 260 g/mol. The number of pyridine rings is 1. The number of aromatic amines is 2. The van der Waals surface area contributed by atoms with Gasteiger partial charge >= 0.3 is 0 Å². The molecule has 0 fully saturated rings. The Balaban J connectivity index is 2.09. The Morgan fingerprint density at radius 1 is 0.850 bits per heavy atom. The van der Waals surface area contributed by atoms with Gasteiger partial charge in [-0.1, -0.05) is 24.3 Å². The lowest BCUT2D eigenvalue weighted by molar-refractivity contribution is 1.26. The maximum atomic E-state index is 4.48. The van der Waals surface area contributed by atoms with E-state index in [1.807, 2.05) is 42.7 Å². The summed E-state index contributed by atoms with van der Waals surface area (Å²) in [5.74, 6) is 0.821. The first kappa shape index (κ1) is 11.0. The smallest absolute Gasteiger partial charge is 0.154 e. The van der Waals surface area contributed by atoms with Crippen molar-refractivity contribution in [3.05, 3.63) is 61.1 Å². The fourth-order valence-corrected chi connectivity index (χ4v) is 2.50. The Morgan fingerprint density at radius 2 is 1.75 bits per heavy atom. The number of nitrogens with zero attached hydrogens (tertiary/aromatic N) is 2. The van der Waals surface area contributed by atoms with Crippen molar-refractivity contribution in [2.45, 2.75) is 0 Å². The van der Waals surface area contributed by atoms with Crippen LogP contribution in [-0.4, -0.2) is 19.9 Å². The summed E-state index contributed by atoms with van der Waals surface area (Å²) < 4.78 is 0. The number of H-pyrrole nitrogens is 2. The lowest BCUT2D eigenvalue weighted by atomic mass is 10.1. The molecule has 1 aromatic carbocycles. The highest BCUT2D eigenvalue weighted by molar-refractivity contribution is 6.02. The minimum absolute atomic E-state index is 0.821. The third-order valence-electron chi connectivity index (χ3n) is 3.36. The van der Waals surface area contributed by atoms with E-state index in [9.17, 15) is 0 Å². The quantitative estimate of drug-likeness (QED) is 0.578. The van der Waals surface area contributed by atoms with Gasteiger partial charge < -0.3 is 9.97 Å². The van der Waals surface area contributed by atoms with Gasteiger partial charge in [0.2, 0.25) is 0 Å². The van der Waals surface area contributed by atoms with E-state index >= 15 is 0 Å². The van der Waals surface area contributed by atoms with Crippen LogP contribution in [-0.2, 0) is 0 Å². The van der Waals surface area contributed by atoms with E-state index in [-0.39, 0.29) is 0 Å². The number of fused-ring (bicyclic) bond motifs is 1. The van der Waals surface area contributed by atoms with Crippen molar-refractivity contribution in [1.82, 2.24) is 19.9 Å². The molecule has 4 heteroatoms. The normalized spacial score (nSPS) is 11.0. The summed E-state index contributed by atoms with van der Waals surface area (Å²) >= 11 is 0.